The third-order valence-electron chi connectivity index (χ3n) is 8.29. The third kappa shape index (κ3) is 5.36. The average Bonchev–Trinajstić information content (AvgIpc) is 3.27. The van der Waals surface area contributed by atoms with Crippen LogP contribution in [-0.2, 0) is 19.3 Å². The van der Waals surface area contributed by atoms with Crippen molar-refractivity contribution in [3.8, 4) is 11.1 Å². The second kappa shape index (κ2) is 10.7. The van der Waals surface area contributed by atoms with Crippen LogP contribution in [0.15, 0.2) is 42.5 Å². The molecule has 1 atom stereocenters. The summed E-state index contributed by atoms with van der Waals surface area (Å²) in [5.41, 5.74) is 9.95. The SMILES string of the molecule is CCCc1cc(F)cc(C(=O)Nc2cccc(-c3c(F)cc(C(N)=O)c4[nH]c5c(c34)CC[C@H](C(C)(C)O)C5)c2C)c1. The van der Waals surface area contributed by atoms with E-state index in [2.05, 4.69) is 10.3 Å². The molecule has 0 aliphatic heterocycles. The van der Waals surface area contributed by atoms with Gasteiger partial charge in [0.05, 0.1) is 16.7 Å². The number of hydrogen-bond donors (Lipinski definition) is 4. The highest BCUT2D eigenvalue weighted by molar-refractivity contribution is 6.12. The second-order valence-corrected chi connectivity index (χ2v) is 11.6. The fourth-order valence-corrected chi connectivity index (χ4v) is 6.09. The lowest BCUT2D eigenvalue weighted by molar-refractivity contribution is 0.0107. The number of aromatic amines is 1. The van der Waals surface area contributed by atoms with Gasteiger partial charge in [-0.1, -0.05) is 25.5 Å². The zero-order valence-corrected chi connectivity index (χ0v) is 23.8. The number of aromatic nitrogens is 1. The Bertz CT molecular complexity index is 1680. The monoisotopic (exact) mass is 559 g/mol. The van der Waals surface area contributed by atoms with E-state index < -0.39 is 29.0 Å². The van der Waals surface area contributed by atoms with Crippen molar-refractivity contribution in [2.45, 2.75) is 65.4 Å². The van der Waals surface area contributed by atoms with Crippen LogP contribution in [0.4, 0.5) is 14.5 Å². The molecule has 0 unspecified atom stereocenters. The maximum Gasteiger partial charge on any atom is 0.255 e. The first-order chi connectivity index (χ1) is 19.4. The Balaban J connectivity index is 1.61. The van der Waals surface area contributed by atoms with Gasteiger partial charge in [-0.15, -0.1) is 0 Å². The minimum Gasteiger partial charge on any atom is -0.390 e. The lowest BCUT2D eigenvalue weighted by Crippen LogP contribution is -2.34. The van der Waals surface area contributed by atoms with Gasteiger partial charge in [0.15, 0.2) is 0 Å². The molecule has 0 saturated carbocycles. The van der Waals surface area contributed by atoms with Crippen molar-refractivity contribution >= 4 is 28.4 Å². The standard InChI is InChI=1S/C33H35F2N3O3/c1-5-7-18-12-19(14-21(34)13-18)32(40)38-26-9-6-8-22(17(26)2)28-25(35)16-24(31(36)39)30-29(28)23-11-10-20(33(3,4)41)15-27(23)37-30/h6,8-9,12-14,16,20,37,41H,5,7,10-11,15H2,1-4H3,(H2,36,39)(H,38,40)/t20-/m0/s1. The molecule has 214 valence electrons. The summed E-state index contributed by atoms with van der Waals surface area (Å²) >= 11 is 0. The zero-order valence-electron chi connectivity index (χ0n) is 23.8. The lowest BCUT2D eigenvalue weighted by Gasteiger charge is -2.32. The Morgan fingerprint density at radius 1 is 1.17 bits per heavy atom. The van der Waals surface area contributed by atoms with Gasteiger partial charge in [-0.3, -0.25) is 9.59 Å². The molecule has 41 heavy (non-hydrogen) atoms. The fourth-order valence-electron chi connectivity index (χ4n) is 6.09. The number of nitrogens with two attached hydrogens (primary N) is 1. The van der Waals surface area contributed by atoms with Gasteiger partial charge in [0.25, 0.3) is 11.8 Å². The first-order valence-electron chi connectivity index (χ1n) is 14.0. The molecule has 3 aromatic carbocycles. The van der Waals surface area contributed by atoms with Crippen molar-refractivity contribution < 1.29 is 23.5 Å². The molecular formula is C33H35F2N3O3. The van der Waals surface area contributed by atoms with Crippen molar-refractivity contribution in [3.05, 3.63) is 87.6 Å². The van der Waals surface area contributed by atoms with Crippen molar-refractivity contribution in [1.29, 1.82) is 0 Å². The highest BCUT2D eigenvalue weighted by Crippen LogP contribution is 2.43. The number of carbonyl (C=O) groups excluding carboxylic acids is 2. The quantitative estimate of drug-likeness (QED) is 0.205. The molecule has 5 rings (SSSR count). The number of rotatable bonds is 7. The van der Waals surface area contributed by atoms with Gasteiger partial charge in [0.2, 0.25) is 0 Å². The summed E-state index contributed by atoms with van der Waals surface area (Å²) in [5.74, 6) is -2.29. The van der Waals surface area contributed by atoms with Crippen LogP contribution in [0.2, 0.25) is 0 Å². The molecule has 0 fully saturated rings. The number of aryl methyl sites for hydroxylation is 2. The van der Waals surface area contributed by atoms with Gasteiger partial charge in [0.1, 0.15) is 11.6 Å². The number of hydrogen-bond acceptors (Lipinski definition) is 3. The van der Waals surface area contributed by atoms with Gasteiger partial charge >= 0.3 is 0 Å². The molecule has 0 radical (unpaired) electrons. The number of carbonyl (C=O) groups is 2. The largest absolute Gasteiger partial charge is 0.390 e. The predicted molar refractivity (Wildman–Crippen MR) is 157 cm³/mol. The van der Waals surface area contributed by atoms with Gasteiger partial charge in [-0.05, 0) is 105 Å². The summed E-state index contributed by atoms with van der Waals surface area (Å²) in [5, 5.41) is 14.1. The van der Waals surface area contributed by atoms with E-state index in [1.807, 2.05) is 6.92 Å². The summed E-state index contributed by atoms with van der Waals surface area (Å²) < 4.78 is 30.2. The third-order valence-corrected chi connectivity index (χ3v) is 8.29. The van der Waals surface area contributed by atoms with Crippen LogP contribution in [0.1, 0.15) is 76.7 Å². The van der Waals surface area contributed by atoms with E-state index >= 15 is 4.39 Å². The molecule has 8 heteroatoms. The number of H-pyrrole nitrogens is 1. The van der Waals surface area contributed by atoms with Crippen LogP contribution < -0.4 is 11.1 Å². The van der Waals surface area contributed by atoms with Crippen molar-refractivity contribution in [2.75, 3.05) is 5.32 Å². The minimum absolute atomic E-state index is 0.00525. The van der Waals surface area contributed by atoms with E-state index in [0.29, 0.717) is 59.0 Å². The van der Waals surface area contributed by atoms with Crippen LogP contribution in [-0.4, -0.2) is 27.5 Å². The molecule has 2 amide bonds. The maximum absolute atomic E-state index is 15.9. The summed E-state index contributed by atoms with van der Waals surface area (Å²) in [6.45, 7) is 7.33. The van der Waals surface area contributed by atoms with E-state index in [1.54, 1.807) is 45.0 Å². The van der Waals surface area contributed by atoms with Crippen molar-refractivity contribution in [3.63, 3.8) is 0 Å². The molecule has 1 heterocycles. The summed E-state index contributed by atoms with van der Waals surface area (Å²) in [6.07, 6.45) is 3.32. The summed E-state index contributed by atoms with van der Waals surface area (Å²) in [4.78, 5) is 28.8. The molecule has 4 aromatic rings. The van der Waals surface area contributed by atoms with E-state index in [9.17, 15) is 19.1 Å². The number of anilines is 1. The van der Waals surface area contributed by atoms with Gasteiger partial charge in [0, 0.05) is 27.9 Å². The van der Waals surface area contributed by atoms with Crippen LogP contribution in [0, 0.1) is 24.5 Å². The van der Waals surface area contributed by atoms with Crippen LogP contribution in [0.5, 0.6) is 0 Å². The van der Waals surface area contributed by atoms with E-state index in [4.69, 9.17) is 5.73 Å². The smallest absolute Gasteiger partial charge is 0.255 e. The Hall–Kier alpha value is -4.04. The number of aliphatic hydroxyl groups is 1. The van der Waals surface area contributed by atoms with Gasteiger partial charge in [-0.2, -0.15) is 0 Å². The number of halogens is 2. The molecule has 1 aromatic heterocycles. The number of benzene rings is 3. The average molecular weight is 560 g/mol. The Morgan fingerprint density at radius 3 is 2.61 bits per heavy atom. The topological polar surface area (TPSA) is 108 Å². The van der Waals surface area contributed by atoms with E-state index in [0.717, 1.165) is 29.3 Å². The molecule has 0 saturated heterocycles. The van der Waals surface area contributed by atoms with Crippen LogP contribution in [0.25, 0.3) is 22.0 Å². The second-order valence-electron chi connectivity index (χ2n) is 11.6. The van der Waals surface area contributed by atoms with Crippen LogP contribution in [0.3, 0.4) is 0 Å². The molecule has 1 aliphatic carbocycles. The van der Waals surface area contributed by atoms with Gasteiger partial charge < -0.3 is 21.1 Å². The number of nitrogens with one attached hydrogen (secondary N) is 2. The molecule has 0 spiro atoms. The number of primary amides is 1. The molecular weight excluding hydrogens is 524 g/mol. The minimum atomic E-state index is -0.891. The molecule has 5 N–H and O–H groups in total. The van der Waals surface area contributed by atoms with Crippen LogP contribution >= 0.6 is 0 Å². The van der Waals surface area contributed by atoms with Gasteiger partial charge in [-0.25, -0.2) is 8.78 Å². The number of amides is 2. The predicted octanol–water partition coefficient (Wildman–Crippen LogP) is 6.60. The van der Waals surface area contributed by atoms with Crippen molar-refractivity contribution in [2.24, 2.45) is 11.7 Å². The summed E-state index contributed by atoms with van der Waals surface area (Å²) in [7, 11) is 0. The van der Waals surface area contributed by atoms with Crippen molar-refractivity contribution in [1.82, 2.24) is 4.98 Å². The van der Waals surface area contributed by atoms with E-state index in [1.165, 1.54) is 12.1 Å². The molecule has 1 aliphatic rings. The number of fused-ring (bicyclic) bond motifs is 3. The molecule has 0 bridgehead atoms. The van der Waals surface area contributed by atoms with E-state index in [-0.39, 0.29) is 17.0 Å². The Kier molecular flexibility index (Phi) is 7.46. The Labute approximate surface area is 238 Å². The Morgan fingerprint density at radius 2 is 1.93 bits per heavy atom. The maximum atomic E-state index is 15.9. The highest BCUT2D eigenvalue weighted by Gasteiger charge is 2.34. The normalized spacial score (nSPS) is 15.1. The zero-order chi connectivity index (χ0) is 29.6. The fraction of sp³-hybridized carbons (Fsp3) is 0.333. The summed E-state index contributed by atoms with van der Waals surface area (Å²) in [6, 6.07) is 10.7. The first kappa shape index (κ1) is 28.5. The molecule has 6 nitrogen and oxygen atoms in total. The highest BCUT2D eigenvalue weighted by atomic mass is 19.1. The first-order valence-corrected chi connectivity index (χ1v) is 14.0. The lowest BCUT2D eigenvalue weighted by atomic mass is 9.77.